The summed E-state index contributed by atoms with van der Waals surface area (Å²) in [6, 6.07) is 15.1. The number of hydrogen-bond donors (Lipinski definition) is 0. The number of benzene rings is 2. The van der Waals surface area contributed by atoms with Crippen LogP contribution < -0.4 is 0 Å². The number of hydrogen-bond acceptors (Lipinski definition) is 5. The van der Waals surface area contributed by atoms with Gasteiger partial charge >= 0.3 is 0 Å². The minimum Gasteiger partial charge on any atom is -0.341 e. The molecule has 0 amide bonds. The molecule has 0 aliphatic carbocycles. The lowest BCUT2D eigenvalue weighted by Crippen LogP contribution is -2.38. The molecule has 2 aromatic carbocycles. The summed E-state index contributed by atoms with van der Waals surface area (Å²) in [5.41, 5.74) is 2.12. The average molecular weight is 441 g/mol. The van der Waals surface area contributed by atoms with Crippen molar-refractivity contribution in [3.8, 4) is 0 Å². The van der Waals surface area contributed by atoms with Gasteiger partial charge in [0.1, 0.15) is 0 Å². The maximum atomic E-state index is 12.1. The first-order valence-corrected chi connectivity index (χ1v) is 12.1. The topological polar surface area (TPSA) is 49.7 Å². The summed E-state index contributed by atoms with van der Waals surface area (Å²) < 4.78 is 24.2. The molecule has 0 radical (unpaired) electrons. The van der Waals surface area contributed by atoms with Gasteiger partial charge in [0, 0.05) is 22.3 Å². The highest BCUT2D eigenvalue weighted by atomic mass is 35.5. The SMILES string of the molecule is O=S1(=O)C[C@H]2N=C(SCc3ccc(Cl)cc3)N(Cc3ccccc3Cl)[C@H]2C1. The first-order chi connectivity index (χ1) is 12.9. The van der Waals surface area contributed by atoms with Crippen LogP contribution >= 0.6 is 35.0 Å². The van der Waals surface area contributed by atoms with E-state index in [9.17, 15) is 8.42 Å². The Hall–Kier alpha value is -1.21. The first kappa shape index (κ1) is 19.1. The Morgan fingerprint density at radius 1 is 1.07 bits per heavy atom. The van der Waals surface area contributed by atoms with E-state index >= 15 is 0 Å². The number of rotatable bonds is 4. The van der Waals surface area contributed by atoms with Gasteiger partial charge in [0.2, 0.25) is 0 Å². The third-order valence-electron chi connectivity index (χ3n) is 4.80. The monoisotopic (exact) mass is 440 g/mol. The van der Waals surface area contributed by atoms with Crippen LogP contribution in [0.5, 0.6) is 0 Å². The Labute approximate surface area is 173 Å². The molecular weight excluding hydrogens is 423 g/mol. The molecule has 0 N–H and O–H groups in total. The fourth-order valence-electron chi connectivity index (χ4n) is 3.43. The molecule has 2 heterocycles. The lowest BCUT2D eigenvalue weighted by molar-refractivity contribution is 0.343. The molecule has 4 rings (SSSR count). The molecule has 142 valence electrons. The molecule has 4 nitrogen and oxygen atoms in total. The first-order valence-electron chi connectivity index (χ1n) is 8.57. The predicted octanol–water partition coefficient (Wildman–Crippen LogP) is 4.26. The predicted molar refractivity (Wildman–Crippen MR) is 113 cm³/mol. The third-order valence-corrected chi connectivity index (χ3v) is 8.19. The molecule has 0 spiro atoms. The fraction of sp³-hybridized carbons (Fsp3) is 0.316. The minimum absolute atomic E-state index is 0.112. The Balaban J connectivity index is 1.55. The van der Waals surface area contributed by atoms with Crippen LogP contribution in [0.2, 0.25) is 10.0 Å². The number of amidine groups is 1. The van der Waals surface area contributed by atoms with Crippen molar-refractivity contribution in [1.29, 1.82) is 0 Å². The number of sulfone groups is 1. The molecular formula is C19H18Cl2N2O2S2. The van der Waals surface area contributed by atoms with Crippen LogP contribution in [0.15, 0.2) is 53.5 Å². The smallest absolute Gasteiger partial charge is 0.160 e. The summed E-state index contributed by atoms with van der Waals surface area (Å²) in [6.45, 7) is 0.558. The van der Waals surface area contributed by atoms with Gasteiger partial charge in [-0.05, 0) is 29.3 Å². The van der Waals surface area contributed by atoms with Gasteiger partial charge in [0.05, 0.1) is 23.6 Å². The summed E-state index contributed by atoms with van der Waals surface area (Å²) >= 11 is 13.9. The maximum absolute atomic E-state index is 12.1. The largest absolute Gasteiger partial charge is 0.341 e. The minimum atomic E-state index is -3.04. The van der Waals surface area contributed by atoms with Gasteiger partial charge in [-0.15, -0.1) is 0 Å². The molecule has 2 aliphatic rings. The van der Waals surface area contributed by atoms with Crippen molar-refractivity contribution >= 4 is 50.0 Å². The molecule has 2 aromatic rings. The Morgan fingerprint density at radius 3 is 2.56 bits per heavy atom. The van der Waals surface area contributed by atoms with Crippen LogP contribution in [0.4, 0.5) is 0 Å². The standard InChI is InChI=1S/C19H18Cl2N2O2S2/c20-15-7-5-13(6-8-15)10-26-19-22-17-11-27(24,25)12-18(17)23(19)9-14-3-1-2-4-16(14)21/h1-8,17-18H,9-12H2/t17-,18+/m1/s1. The Bertz CT molecular complexity index is 977. The van der Waals surface area contributed by atoms with Crippen molar-refractivity contribution in [2.45, 2.75) is 24.4 Å². The lowest BCUT2D eigenvalue weighted by atomic mass is 10.1. The third kappa shape index (κ3) is 4.29. The molecule has 2 aliphatic heterocycles. The highest BCUT2D eigenvalue weighted by molar-refractivity contribution is 8.13. The maximum Gasteiger partial charge on any atom is 0.160 e. The second-order valence-electron chi connectivity index (χ2n) is 6.76. The summed E-state index contributed by atoms with van der Waals surface area (Å²) in [7, 11) is -3.04. The van der Waals surface area contributed by atoms with Gasteiger partial charge in [0.15, 0.2) is 15.0 Å². The molecule has 2 atom stereocenters. The van der Waals surface area contributed by atoms with E-state index in [1.807, 2.05) is 48.5 Å². The van der Waals surface area contributed by atoms with E-state index in [1.54, 1.807) is 11.8 Å². The molecule has 27 heavy (non-hydrogen) atoms. The Morgan fingerprint density at radius 2 is 1.81 bits per heavy atom. The van der Waals surface area contributed by atoms with E-state index in [4.69, 9.17) is 28.2 Å². The number of nitrogens with zero attached hydrogens (tertiary/aromatic N) is 2. The zero-order chi connectivity index (χ0) is 19.0. The van der Waals surface area contributed by atoms with Crippen molar-refractivity contribution in [3.63, 3.8) is 0 Å². The zero-order valence-electron chi connectivity index (χ0n) is 14.4. The lowest BCUT2D eigenvalue weighted by Gasteiger charge is -2.27. The van der Waals surface area contributed by atoms with Crippen molar-refractivity contribution in [2.75, 3.05) is 11.5 Å². The van der Waals surface area contributed by atoms with Crippen LogP contribution in [0, 0.1) is 0 Å². The second-order valence-corrected chi connectivity index (χ2v) is 10.7. The quantitative estimate of drug-likeness (QED) is 0.712. The van der Waals surface area contributed by atoms with E-state index in [0.29, 0.717) is 16.6 Å². The number of fused-ring (bicyclic) bond motifs is 1. The zero-order valence-corrected chi connectivity index (χ0v) is 17.5. The number of aliphatic imine (C=N–C) groups is 1. The van der Waals surface area contributed by atoms with E-state index in [1.165, 1.54) is 0 Å². The van der Waals surface area contributed by atoms with Gasteiger partial charge in [-0.1, -0.05) is 65.3 Å². The van der Waals surface area contributed by atoms with Gasteiger partial charge in [-0.2, -0.15) is 0 Å². The van der Waals surface area contributed by atoms with Gasteiger partial charge in [0.25, 0.3) is 0 Å². The van der Waals surface area contributed by atoms with Gasteiger partial charge < -0.3 is 4.90 Å². The second kappa shape index (κ2) is 7.66. The molecule has 8 heteroatoms. The highest BCUT2D eigenvalue weighted by Crippen LogP contribution is 2.34. The number of halogens is 2. The van der Waals surface area contributed by atoms with Crippen LogP contribution in [0.25, 0.3) is 0 Å². The van der Waals surface area contributed by atoms with Gasteiger partial charge in [-0.25, -0.2) is 8.42 Å². The van der Waals surface area contributed by atoms with Crippen LogP contribution in [-0.4, -0.2) is 42.1 Å². The van der Waals surface area contributed by atoms with Crippen molar-refractivity contribution in [3.05, 3.63) is 69.7 Å². The van der Waals surface area contributed by atoms with E-state index < -0.39 is 9.84 Å². The summed E-state index contributed by atoms with van der Waals surface area (Å²) in [4.78, 5) is 6.85. The molecule has 1 fully saturated rings. The molecule has 0 unspecified atom stereocenters. The summed E-state index contributed by atoms with van der Waals surface area (Å²) in [5.74, 6) is 1.03. The Kier molecular flexibility index (Phi) is 5.43. The van der Waals surface area contributed by atoms with Crippen molar-refractivity contribution in [1.82, 2.24) is 4.90 Å². The van der Waals surface area contributed by atoms with Gasteiger partial charge in [-0.3, -0.25) is 4.99 Å². The fourth-order valence-corrected chi connectivity index (χ4v) is 6.69. The average Bonchev–Trinajstić information content (AvgIpc) is 3.09. The van der Waals surface area contributed by atoms with E-state index in [-0.39, 0.29) is 23.6 Å². The molecule has 1 saturated heterocycles. The number of thioether (sulfide) groups is 1. The summed E-state index contributed by atoms with van der Waals surface area (Å²) in [5, 5.41) is 2.28. The molecule has 0 bridgehead atoms. The highest BCUT2D eigenvalue weighted by Gasteiger charge is 2.46. The van der Waals surface area contributed by atoms with Crippen LogP contribution in [0.1, 0.15) is 11.1 Å². The van der Waals surface area contributed by atoms with E-state index in [2.05, 4.69) is 4.90 Å². The molecule has 0 saturated carbocycles. The molecule has 0 aromatic heterocycles. The van der Waals surface area contributed by atoms with Crippen molar-refractivity contribution < 1.29 is 8.42 Å². The van der Waals surface area contributed by atoms with E-state index in [0.717, 1.165) is 22.0 Å². The van der Waals surface area contributed by atoms with Crippen molar-refractivity contribution in [2.24, 2.45) is 4.99 Å². The van der Waals surface area contributed by atoms with Crippen LogP contribution in [-0.2, 0) is 22.1 Å². The summed E-state index contributed by atoms with van der Waals surface area (Å²) in [6.07, 6.45) is 0. The normalized spacial score (nSPS) is 23.3. The van der Waals surface area contributed by atoms with Crippen LogP contribution in [0.3, 0.4) is 0 Å².